The van der Waals surface area contributed by atoms with Gasteiger partial charge in [0.2, 0.25) is 0 Å². The number of hydrogen-bond acceptors (Lipinski definition) is 4. The number of rotatable bonds is 6. The Morgan fingerprint density at radius 1 is 1.46 bits per heavy atom. The molecule has 13 heavy (non-hydrogen) atoms. The topological polar surface area (TPSA) is 104 Å². The lowest BCUT2D eigenvalue weighted by Crippen LogP contribution is -2.42. The fourth-order valence-electron chi connectivity index (χ4n) is 0.957. The van der Waals surface area contributed by atoms with E-state index < -0.39 is 24.4 Å². The number of nitrogens with zero attached hydrogens (tertiary/aromatic N) is 1. The van der Waals surface area contributed by atoms with Crippen LogP contribution in [-0.2, 0) is 9.59 Å². The molecule has 0 bridgehead atoms. The predicted molar refractivity (Wildman–Crippen MR) is 45.4 cm³/mol. The number of carbonyl (C=O) groups is 2. The van der Waals surface area contributed by atoms with Crippen molar-refractivity contribution in [2.45, 2.75) is 12.5 Å². The van der Waals surface area contributed by atoms with Gasteiger partial charge in [0, 0.05) is 13.1 Å². The van der Waals surface area contributed by atoms with Gasteiger partial charge in [0.25, 0.3) is 0 Å². The van der Waals surface area contributed by atoms with Crippen LogP contribution in [0.5, 0.6) is 0 Å². The van der Waals surface area contributed by atoms with E-state index in [9.17, 15) is 9.59 Å². The summed E-state index contributed by atoms with van der Waals surface area (Å²) < 4.78 is 0. The van der Waals surface area contributed by atoms with Crippen molar-refractivity contribution < 1.29 is 19.8 Å². The van der Waals surface area contributed by atoms with Crippen LogP contribution in [0.3, 0.4) is 0 Å². The molecule has 0 aromatic carbocycles. The summed E-state index contributed by atoms with van der Waals surface area (Å²) in [4.78, 5) is 22.3. The van der Waals surface area contributed by atoms with Crippen molar-refractivity contribution in [3.8, 4) is 0 Å². The molecular formula is C7H14N2O4. The maximum atomic E-state index is 10.6. The molecule has 0 aliphatic carbocycles. The first-order valence-electron chi connectivity index (χ1n) is 3.84. The van der Waals surface area contributed by atoms with Crippen LogP contribution in [0.4, 0.5) is 0 Å². The van der Waals surface area contributed by atoms with Gasteiger partial charge in [-0.1, -0.05) is 0 Å². The summed E-state index contributed by atoms with van der Waals surface area (Å²) in [5.74, 6) is -2.27. The van der Waals surface area contributed by atoms with Crippen molar-refractivity contribution in [2.24, 2.45) is 5.73 Å². The average molecular weight is 190 g/mol. The van der Waals surface area contributed by atoms with Gasteiger partial charge in [-0.3, -0.25) is 14.5 Å². The Morgan fingerprint density at radius 3 is 2.31 bits per heavy atom. The van der Waals surface area contributed by atoms with Crippen molar-refractivity contribution in [3.63, 3.8) is 0 Å². The van der Waals surface area contributed by atoms with Crippen LogP contribution in [0.25, 0.3) is 0 Å². The van der Waals surface area contributed by atoms with Gasteiger partial charge < -0.3 is 15.9 Å². The Morgan fingerprint density at radius 2 is 2.00 bits per heavy atom. The minimum Gasteiger partial charge on any atom is -0.481 e. The van der Waals surface area contributed by atoms with Gasteiger partial charge in [-0.05, 0) is 7.05 Å². The van der Waals surface area contributed by atoms with Crippen LogP contribution in [0.1, 0.15) is 6.42 Å². The molecule has 0 rings (SSSR count). The molecule has 0 aromatic heterocycles. The summed E-state index contributed by atoms with van der Waals surface area (Å²) in [5.41, 5.74) is 5.22. The van der Waals surface area contributed by atoms with Crippen LogP contribution in [0.2, 0.25) is 0 Å². The summed E-state index contributed by atoms with van der Waals surface area (Å²) in [6, 6.07) is -0.999. The minimum atomic E-state index is -1.14. The summed E-state index contributed by atoms with van der Waals surface area (Å²) in [6.07, 6.45) is -0.411. The number of carboxylic acids is 2. The monoisotopic (exact) mass is 190 g/mol. The second kappa shape index (κ2) is 5.50. The van der Waals surface area contributed by atoms with Crippen molar-refractivity contribution in [1.29, 1.82) is 0 Å². The van der Waals surface area contributed by atoms with Gasteiger partial charge in [-0.15, -0.1) is 0 Å². The third-order valence-electron chi connectivity index (χ3n) is 1.67. The zero-order valence-corrected chi connectivity index (χ0v) is 7.43. The fraction of sp³-hybridized carbons (Fsp3) is 0.714. The van der Waals surface area contributed by atoms with E-state index in [1.807, 2.05) is 0 Å². The molecule has 0 aromatic rings. The molecular weight excluding hydrogens is 176 g/mol. The zero-order chi connectivity index (χ0) is 10.4. The quantitative estimate of drug-likeness (QED) is 0.486. The summed E-state index contributed by atoms with van der Waals surface area (Å²) >= 11 is 0. The minimum absolute atomic E-state index is 0.305. The van der Waals surface area contributed by atoms with Crippen LogP contribution in [0, 0.1) is 0 Å². The Labute approximate surface area is 75.9 Å². The summed E-state index contributed by atoms with van der Waals surface area (Å²) in [6.45, 7) is 0.671. The van der Waals surface area contributed by atoms with Crippen molar-refractivity contribution >= 4 is 11.9 Å². The normalized spacial score (nSPS) is 12.8. The highest BCUT2D eigenvalue weighted by Crippen LogP contribution is 2.01. The first kappa shape index (κ1) is 11.9. The highest BCUT2D eigenvalue weighted by molar-refractivity contribution is 5.80. The molecule has 0 amide bonds. The molecule has 0 saturated carbocycles. The third kappa shape index (κ3) is 4.44. The number of nitrogens with two attached hydrogens (primary N) is 1. The van der Waals surface area contributed by atoms with E-state index in [-0.39, 0.29) is 0 Å². The van der Waals surface area contributed by atoms with E-state index in [0.717, 1.165) is 0 Å². The Kier molecular flexibility index (Phi) is 5.01. The highest BCUT2D eigenvalue weighted by Gasteiger charge is 2.24. The molecule has 0 aliphatic rings. The number of likely N-dealkylation sites (N-methyl/N-ethyl adjacent to an activating group) is 1. The zero-order valence-electron chi connectivity index (χ0n) is 7.43. The van der Waals surface area contributed by atoms with Gasteiger partial charge in [-0.2, -0.15) is 0 Å². The van der Waals surface area contributed by atoms with Crippen molar-refractivity contribution in [3.05, 3.63) is 0 Å². The smallest absolute Gasteiger partial charge is 0.321 e. The largest absolute Gasteiger partial charge is 0.481 e. The van der Waals surface area contributed by atoms with Crippen molar-refractivity contribution in [2.75, 3.05) is 20.1 Å². The lowest BCUT2D eigenvalue weighted by Gasteiger charge is -2.22. The second-order valence-corrected chi connectivity index (χ2v) is 2.72. The first-order valence-corrected chi connectivity index (χ1v) is 3.84. The Balaban J connectivity index is 4.23. The van der Waals surface area contributed by atoms with E-state index in [0.29, 0.717) is 13.1 Å². The number of hydrogen-bond donors (Lipinski definition) is 3. The molecule has 0 unspecified atom stereocenters. The molecule has 0 heterocycles. The molecule has 1 atom stereocenters. The van der Waals surface area contributed by atoms with Crippen LogP contribution in [-0.4, -0.2) is 53.2 Å². The standard InChI is InChI=1S/C7H14N2O4/c1-9(3-2-8)5(7(12)13)4-6(10)11/h5H,2-4,8H2,1H3,(H,10,11)(H,12,13)/t5-/m0/s1. The van der Waals surface area contributed by atoms with Crippen LogP contribution >= 0.6 is 0 Å². The average Bonchev–Trinajstić information content (AvgIpc) is 1.99. The lowest BCUT2D eigenvalue weighted by atomic mass is 10.2. The third-order valence-corrected chi connectivity index (χ3v) is 1.67. The second-order valence-electron chi connectivity index (χ2n) is 2.72. The van der Waals surface area contributed by atoms with Gasteiger partial charge >= 0.3 is 11.9 Å². The molecule has 0 aliphatic heterocycles. The Bertz CT molecular complexity index is 195. The van der Waals surface area contributed by atoms with Gasteiger partial charge in [0.15, 0.2) is 0 Å². The molecule has 0 spiro atoms. The number of aliphatic carboxylic acids is 2. The van der Waals surface area contributed by atoms with E-state index in [2.05, 4.69) is 0 Å². The van der Waals surface area contributed by atoms with Crippen molar-refractivity contribution in [1.82, 2.24) is 4.90 Å². The molecule has 76 valence electrons. The lowest BCUT2D eigenvalue weighted by molar-refractivity contribution is -0.149. The molecule has 0 saturated heterocycles. The maximum absolute atomic E-state index is 10.6. The van der Waals surface area contributed by atoms with Crippen LogP contribution < -0.4 is 5.73 Å². The van der Waals surface area contributed by atoms with E-state index in [1.54, 1.807) is 0 Å². The molecule has 4 N–H and O–H groups in total. The van der Waals surface area contributed by atoms with Gasteiger partial charge in [0.05, 0.1) is 6.42 Å². The molecule has 6 heteroatoms. The Hall–Kier alpha value is -1.14. The van der Waals surface area contributed by atoms with E-state index in [1.165, 1.54) is 11.9 Å². The van der Waals surface area contributed by atoms with Gasteiger partial charge in [-0.25, -0.2) is 0 Å². The molecule has 6 nitrogen and oxygen atoms in total. The SMILES string of the molecule is CN(CCN)[C@@H](CC(=O)O)C(=O)O. The highest BCUT2D eigenvalue weighted by atomic mass is 16.4. The first-order chi connectivity index (χ1) is 5.99. The van der Waals surface area contributed by atoms with Gasteiger partial charge in [0.1, 0.15) is 6.04 Å². The van der Waals surface area contributed by atoms with E-state index >= 15 is 0 Å². The number of carboxylic acid groups (broad SMARTS) is 2. The molecule has 0 radical (unpaired) electrons. The van der Waals surface area contributed by atoms with Crippen LogP contribution in [0.15, 0.2) is 0 Å². The molecule has 0 fully saturated rings. The summed E-state index contributed by atoms with van der Waals surface area (Å²) in [5, 5.41) is 17.1. The maximum Gasteiger partial charge on any atom is 0.321 e. The predicted octanol–water partition coefficient (Wildman–Crippen LogP) is -1.20. The summed E-state index contributed by atoms with van der Waals surface area (Å²) in [7, 11) is 1.54. The van der Waals surface area contributed by atoms with E-state index in [4.69, 9.17) is 15.9 Å². The fourth-order valence-corrected chi connectivity index (χ4v) is 0.957.